The Kier molecular flexibility index (Phi) is 3.25. The number of fused-ring (bicyclic) bond motifs is 1. The van der Waals surface area contributed by atoms with Crippen molar-refractivity contribution in [3.63, 3.8) is 0 Å². The zero-order valence-corrected chi connectivity index (χ0v) is 11.1. The van der Waals surface area contributed by atoms with Crippen LogP contribution >= 0.6 is 0 Å². The van der Waals surface area contributed by atoms with Crippen molar-refractivity contribution in [2.24, 2.45) is 0 Å². The quantitative estimate of drug-likeness (QED) is 0.830. The molecule has 19 heavy (non-hydrogen) atoms. The van der Waals surface area contributed by atoms with Crippen LogP contribution in [0.25, 0.3) is 10.9 Å². The third-order valence-corrected chi connectivity index (χ3v) is 3.90. The van der Waals surface area contributed by atoms with Gasteiger partial charge in [0.25, 0.3) is 0 Å². The molecule has 0 aliphatic heterocycles. The van der Waals surface area contributed by atoms with E-state index in [1.807, 2.05) is 24.3 Å². The number of nitrogens with two attached hydrogens (primary N) is 1. The topological polar surface area (TPSA) is 60.2 Å². The fourth-order valence-corrected chi connectivity index (χ4v) is 2.88. The Hall–Kier alpha value is -1.81. The van der Waals surface area contributed by atoms with Crippen molar-refractivity contribution >= 4 is 22.3 Å². The van der Waals surface area contributed by atoms with Gasteiger partial charge in [0.05, 0.1) is 23.3 Å². The van der Waals surface area contributed by atoms with Crippen molar-refractivity contribution in [2.75, 3.05) is 18.2 Å². The standard InChI is InChI=1S/C15H19N3O/c1-19-14-6-2-5-12(14)18-13-8-7-11(16)10-4-3-9-17-15(10)13/h3-4,7-9,12,14,18H,2,5-6,16H2,1H3. The highest BCUT2D eigenvalue weighted by molar-refractivity contribution is 5.98. The maximum absolute atomic E-state index is 5.99. The fraction of sp³-hybridized carbons (Fsp3) is 0.400. The molecule has 4 nitrogen and oxygen atoms in total. The second kappa shape index (κ2) is 5.05. The van der Waals surface area contributed by atoms with Crippen molar-refractivity contribution in [1.82, 2.24) is 4.98 Å². The van der Waals surface area contributed by atoms with Gasteiger partial charge >= 0.3 is 0 Å². The van der Waals surface area contributed by atoms with E-state index in [2.05, 4.69) is 10.3 Å². The number of hydrogen-bond acceptors (Lipinski definition) is 4. The van der Waals surface area contributed by atoms with Crippen molar-refractivity contribution in [2.45, 2.75) is 31.4 Å². The van der Waals surface area contributed by atoms with E-state index in [-0.39, 0.29) is 6.10 Å². The first kappa shape index (κ1) is 12.2. The molecule has 3 N–H and O–H groups in total. The number of ether oxygens (including phenoxy) is 1. The molecule has 0 spiro atoms. The van der Waals surface area contributed by atoms with Crippen LogP contribution in [0.5, 0.6) is 0 Å². The van der Waals surface area contributed by atoms with Crippen LogP contribution in [0.2, 0.25) is 0 Å². The highest BCUT2D eigenvalue weighted by Gasteiger charge is 2.27. The molecule has 0 saturated heterocycles. The van der Waals surface area contributed by atoms with Gasteiger partial charge in [-0.25, -0.2) is 0 Å². The van der Waals surface area contributed by atoms with Crippen LogP contribution < -0.4 is 11.1 Å². The first-order valence-electron chi connectivity index (χ1n) is 6.72. The lowest BCUT2D eigenvalue weighted by Gasteiger charge is -2.21. The highest BCUT2D eigenvalue weighted by atomic mass is 16.5. The van der Waals surface area contributed by atoms with E-state index in [0.717, 1.165) is 35.1 Å². The Morgan fingerprint density at radius 3 is 3.05 bits per heavy atom. The van der Waals surface area contributed by atoms with E-state index < -0.39 is 0 Å². The van der Waals surface area contributed by atoms with E-state index in [0.29, 0.717) is 6.04 Å². The van der Waals surface area contributed by atoms with Gasteiger partial charge in [-0.2, -0.15) is 0 Å². The average Bonchev–Trinajstić information content (AvgIpc) is 2.89. The Morgan fingerprint density at radius 1 is 1.32 bits per heavy atom. The summed E-state index contributed by atoms with van der Waals surface area (Å²) in [5.74, 6) is 0. The molecule has 1 heterocycles. The van der Waals surface area contributed by atoms with Crippen molar-refractivity contribution in [1.29, 1.82) is 0 Å². The Balaban J connectivity index is 1.95. The molecule has 0 radical (unpaired) electrons. The third kappa shape index (κ3) is 2.24. The first-order chi connectivity index (χ1) is 9.29. The molecule has 3 rings (SSSR count). The van der Waals surface area contributed by atoms with Gasteiger partial charge in [-0.3, -0.25) is 4.98 Å². The molecule has 1 aliphatic carbocycles. The Bertz CT molecular complexity index is 585. The molecule has 1 aromatic heterocycles. The number of pyridine rings is 1. The van der Waals surface area contributed by atoms with Crippen LogP contribution in [0, 0.1) is 0 Å². The van der Waals surface area contributed by atoms with E-state index in [1.165, 1.54) is 6.42 Å². The fourth-order valence-electron chi connectivity index (χ4n) is 2.88. The molecule has 1 saturated carbocycles. The molecule has 100 valence electrons. The minimum Gasteiger partial charge on any atom is -0.398 e. The van der Waals surface area contributed by atoms with E-state index in [9.17, 15) is 0 Å². The van der Waals surface area contributed by atoms with E-state index >= 15 is 0 Å². The van der Waals surface area contributed by atoms with Crippen LogP contribution in [-0.2, 0) is 4.74 Å². The number of nitrogens with one attached hydrogen (secondary N) is 1. The van der Waals surface area contributed by atoms with Crippen molar-refractivity contribution in [3.8, 4) is 0 Å². The lowest BCUT2D eigenvalue weighted by Crippen LogP contribution is -2.29. The summed E-state index contributed by atoms with van der Waals surface area (Å²) < 4.78 is 5.52. The molecular formula is C15H19N3O. The molecule has 1 fully saturated rings. The lowest BCUT2D eigenvalue weighted by atomic mass is 10.1. The summed E-state index contributed by atoms with van der Waals surface area (Å²) in [6.45, 7) is 0. The number of nitrogens with zero attached hydrogens (tertiary/aromatic N) is 1. The van der Waals surface area contributed by atoms with Crippen LogP contribution in [0.1, 0.15) is 19.3 Å². The molecule has 2 atom stereocenters. The first-order valence-corrected chi connectivity index (χ1v) is 6.72. The third-order valence-electron chi connectivity index (χ3n) is 3.90. The zero-order chi connectivity index (χ0) is 13.2. The highest BCUT2D eigenvalue weighted by Crippen LogP contribution is 2.30. The van der Waals surface area contributed by atoms with Crippen LogP contribution in [-0.4, -0.2) is 24.2 Å². The second-order valence-electron chi connectivity index (χ2n) is 5.06. The van der Waals surface area contributed by atoms with Gasteiger partial charge in [-0.05, 0) is 43.5 Å². The van der Waals surface area contributed by atoms with Crippen LogP contribution in [0.15, 0.2) is 30.5 Å². The van der Waals surface area contributed by atoms with Gasteiger partial charge in [0, 0.05) is 24.4 Å². The van der Waals surface area contributed by atoms with Gasteiger partial charge < -0.3 is 15.8 Å². The second-order valence-corrected chi connectivity index (χ2v) is 5.06. The predicted octanol–water partition coefficient (Wildman–Crippen LogP) is 2.80. The van der Waals surface area contributed by atoms with Gasteiger partial charge in [0.15, 0.2) is 0 Å². The number of methoxy groups -OCH3 is 1. The summed E-state index contributed by atoms with van der Waals surface area (Å²) in [4.78, 5) is 4.45. The zero-order valence-electron chi connectivity index (χ0n) is 11.1. The van der Waals surface area contributed by atoms with Gasteiger partial charge in [0.1, 0.15) is 0 Å². The number of aromatic nitrogens is 1. The SMILES string of the molecule is COC1CCCC1Nc1ccc(N)c2cccnc12. The Morgan fingerprint density at radius 2 is 2.21 bits per heavy atom. The van der Waals surface area contributed by atoms with Crippen LogP contribution in [0.3, 0.4) is 0 Å². The summed E-state index contributed by atoms with van der Waals surface area (Å²) in [6.07, 6.45) is 5.55. The van der Waals surface area contributed by atoms with Gasteiger partial charge in [-0.1, -0.05) is 0 Å². The van der Waals surface area contributed by atoms with Crippen molar-refractivity contribution < 1.29 is 4.74 Å². The smallest absolute Gasteiger partial charge is 0.0953 e. The van der Waals surface area contributed by atoms with Gasteiger partial charge in [0.2, 0.25) is 0 Å². The average molecular weight is 257 g/mol. The molecule has 2 unspecified atom stereocenters. The maximum Gasteiger partial charge on any atom is 0.0953 e. The predicted molar refractivity (Wildman–Crippen MR) is 78.2 cm³/mol. The number of rotatable bonds is 3. The number of hydrogen-bond donors (Lipinski definition) is 2. The molecule has 4 heteroatoms. The molecular weight excluding hydrogens is 238 g/mol. The summed E-state index contributed by atoms with van der Waals surface area (Å²) in [5.41, 5.74) is 8.74. The van der Waals surface area contributed by atoms with Gasteiger partial charge in [-0.15, -0.1) is 0 Å². The summed E-state index contributed by atoms with van der Waals surface area (Å²) in [5, 5.41) is 4.57. The number of anilines is 2. The molecule has 2 aromatic rings. The molecule has 1 aliphatic rings. The van der Waals surface area contributed by atoms with Crippen molar-refractivity contribution in [3.05, 3.63) is 30.5 Å². The summed E-state index contributed by atoms with van der Waals surface area (Å²) in [6, 6.07) is 8.22. The normalized spacial score (nSPS) is 22.8. The number of benzene rings is 1. The maximum atomic E-state index is 5.99. The lowest BCUT2D eigenvalue weighted by molar-refractivity contribution is 0.101. The van der Waals surface area contributed by atoms with Crippen LogP contribution in [0.4, 0.5) is 11.4 Å². The minimum atomic E-state index is 0.288. The molecule has 0 amide bonds. The summed E-state index contributed by atoms with van der Waals surface area (Å²) >= 11 is 0. The summed E-state index contributed by atoms with van der Waals surface area (Å²) in [7, 11) is 1.78. The largest absolute Gasteiger partial charge is 0.398 e. The number of nitrogen functional groups attached to an aromatic ring is 1. The Labute approximate surface area is 113 Å². The monoisotopic (exact) mass is 257 g/mol. The van der Waals surface area contributed by atoms with E-state index in [1.54, 1.807) is 13.3 Å². The molecule has 1 aromatic carbocycles. The minimum absolute atomic E-state index is 0.288. The molecule has 0 bridgehead atoms. The van der Waals surface area contributed by atoms with E-state index in [4.69, 9.17) is 10.5 Å².